The van der Waals surface area contributed by atoms with Crippen LogP contribution < -0.4 is 15.4 Å². The first-order valence-corrected chi connectivity index (χ1v) is 15.5. The number of benzene rings is 3. The number of amides is 1. The first-order chi connectivity index (χ1) is 21.9. The van der Waals surface area contributed by atoms with Crippen molar-refractivity contribution in [2.24, 2.45) is 0 Å². The number of fused-ring (bicyclic) bond motifs is 1. The molecule has 0 saturated heterocycles. The van der Waals surface area contributed by atoms with E-state index >= 15 is 0 Å². The Morgan fingerprint density at radius 1 is 0.933 bits per heavy atom. The fraction of sp³-hybridized carbons (Fsp3) is 0.351. The molecule has 236 valence electrons. The van der Waals surface area contributed by atoms with Crippen molar-refractivity contribution in [3.05, 3.63) is 101 Å². The van der Waals surface area contributed by atoms with Crippen LogP contribution in [0, 0.1) is 11.8 Å². The summed E-state index contributed by atoms with van der Waals surface area (Å²) < 4.78 is 10.7. The first-order valence-electron chi connectivity index (χ1n) is 15.5. The number of esters is 1. The second kappa shape index (κ2) is 17.0. The van der Waals surface area contributed by atoms with Crippen molar-refractivity contribution < 1.29 is 24.2 Å². The van der Waals surface area contributed by atoms with Crippen molar-refractivity contribution in [2.75, 3.05) is 20.3 Å². The third-order valence-electron chi connectivity index (χ3n) is 7.44. The molecule has 4 rings (SSSR count). The minimum Gasteiger partial charge on any atom is -0.491 e. The number of nitrogens with one attached hydrogen (secondary N) is 3. The Bertz CT molecular complexity index is 1610. The summed E-state index contributed by atoms with van der Waals surface area (Å²) in [4.78, 5) is 27.0. The molecular formula is C37H43N3O5. The molecule has 8 nitrogen and oxygen atoms in total. The molecule has 8 heteroatoms. The van der Waals surface area contributed by atoms with Gasteiger partial charge in [0.05, 0.1) is 19.8 Å². The molecule has 0 bridgehead atoms. The number of methoxy groups -OCH3 is 1. The van der Waals surface area contributed by atoms with Gasteiger partial charge in [-0.05, 0) is 87.2 Å². The Morgan fingerprint density at radius 3 is 2.44 bits per heavy atom. The molecule has 0 aliphatic carbocycles. The van der Waals surface area contributed by atoms with Crippen LogP contribution in [0.5, 0.6) is 5.75 Å². The molecule has 3 aromatic carbocycles. The van der Waals surface area contributed by atoms with Crippen molar-refractivity contribution in [2.45, 2.75) is 64.6 Å². The van der Waals surface area contributed by atoms with E-state index < -0.39 is 0 Å². The summed E-state index contributed by atoms with van der Waals surface area (Å²) in [6.45, 7) is 5.06. The number of aliphatic hydroxyl groups excluding tert-OH is 1. The van der Waals surface area contributed by atoms with Gasteiger partial charge in [-0.25, -0.2) is 0 Å². The average Bonchev–Trinajstić information content (AvgIpc) is 3.46. The second-order valence-corrected chi connectivity index (χ2v) is 11.3. The molecule has 1 atom stereocenters. The lowest BCUT2D eigenvalue weighted by Crippen LogP contribution is -2.34. The van der Waals surface area contributed by atoms with Gasteiger partial charge in [0.15, 0.2) is 0 Å². The molecule has 1 amide bonds. The van der Waals surface area contributed by atoms with Gasteiger partial charge in [-0.1, -0.05) is 36.5 Å². The van der Waals surface area contributed by atoms with E-state index in [-0.39, 0.29) is 30.6 Å². The molecule has 1 heterocycles. The van der Waals surface area contributed by atoms with E-state index in [0.717, 1.165) is 58.2 Å². The van der Waals surface area contributed by atoms with E-state index in [2.05, 4.69) is 44.3 Å². The lowest BCUT2D eigenvalue weighted by Gasteiger charge is -2.19. The summed E-state index contributed by atoms with van der Waals surface area (Å²) in [6.07, 6.45) is 5.51. The number of para-hydroxylation sites is 1. The molecule has 0 aliphatic rings. The van der Waals surface area contributed by atoms with Crippen LogP contribution in [0.1, 0.15) is 72.1 Å². The van der Waals surface area contributed by atoms with Crippen molar-refractivity contribution in [1.82, 2.24) is 15.6 Å². The Balaban J connectivity index is 1.35. The monoisotopic (exact) mass is 609 g/mol. The number of aromatic nitrogens is 1. The number of rotatable bonds is 15. The summed E-state index contributed by atoms with van der Waals surface area (Å²) in [7, 11) is 1.39. The molecule has 4 N–H and O–H groups in total. The number of aromatic amines is 1. The maximum atomic E-state index is 12.5. The van der Waals surface area contributed by atoms with Gasteiger partial charge >= 0.3 is 5.97 Å². The molecule has 0 fully saturated rings. The average molecular weight is 610 g/mol. The van der Waals surface area contributed by atoms with Crippen LogP contribution in [0.15, 0.2) is 72.9 Å². The molecule has 0 aliphatic heterocycles. The lowest BCUT2D eigenvalue weighted by atomic mass is 10.0. The van der Waals surface area contributed by atoms with Crippen LogP contribution in [0.4, 0.5) is 0 Å². The van der Waals surface area contributed by atoms with Crippen LogP contribution in [0.2, 0.25) is 0 Å². The van der Waals surface area contributed by atoms with Crippen molar-refractivity contribution >= 4 is 22.8 Å². The molecule has 0 spiro atoms. The molecule has 0 radical (unpaired) electrons. The van der Waals surface area contributed by atoms with Crippen LogP contribution >= 0.6 is 0 Å². The van der Waals surface area contributed by atoms with Crippen molar-refractivity contribution in [1.29, 1.82) is 0 Å². The van der Waals surface area contributed by atoms with Crippen LogP contribution in [-0.4, -0.2) is 54.4 Å². The molecule has 0 saturated carbocycles. The van der Waals surface area contributed by atoms with Crippen LogP contribution in [0.3, 0.4) is 0 Å². The van der Waals surface area contributed by atoms with E-state index in [9.17, 15) is 14.7 Å². The number of aliphatic hydroxyl groups is 1. The van der Waals surface area contributed by atoms with Gasteiger partial charge in [0, 0.05) is 64.9 Å². The number of H-pyrrole nitrogens is 1. The maximum absolute atomic E-state index is 12.5. The summed E-state index contributed by atoms with van der Waals surface area (Å²) in [5.41, 5.74) is 5.42. The summed E-state index contributed by atoms with van der Waals surface area (Å²) in [6, 6.07) is 21.2. The Labute approximate surface area is 265 Å². The molecular weight excluding hydrogens is 566 g/mol. The highest BCUT2D eigenvalue weighted by molar-refractivity contribution is 5.94. The SMILES string of the molecule is COC(=O)CCCCCNC(=O)c1ccc(C#Cc2ccc(OC(C)C)c(CN[C@@H](CO)Cc3c[nH]c4ccccc34)c2)cc1. The minimum atomic E-state index is -0.207. The molecule has 1 aromatic heterocycles. The fourth-order valence-corrected chi connectivity index (χ4v) is 5.01. The zero-order valence-corrected chi connectivity index (χ0v) is 26.3. The fourth-order valence-electron chi connectivity index (χ4n) is 5.01. The number of carbonyl (C=O) groups is 2. The third-order valence-corrected chi connectivity index (χ3v) is 7.44. The van der Waals surface area contributed by atoms with Crippen molar-refractivity contribution in [3.8, 4) is 17.6 Å². The predicted octanol–water partition coefficient (Wildman–Crippen LogP) is 5.51. The zero-order chi connectivity index (χ0) is 32.0. The van der Waals surface area contributed by atoms with Crippen LogP contribution in [-0.2, 0) is 22.5 Å². The number of unbranched alkanes of at least 4 members (excludes halogenated alkanes) is 2. The van der Waals surface area contributed by atoms with E-state index in [1.807, 2.05) is 62.5 Å². The molecule has 45 heavy (non-hydrogen) atoms. The van der Waals surface area contributed by atoms with Gasteiger partial charge in [-0.15, -0.1) is 0 Å². The first kappa shape index (κ1) is 33.3. The Morgan fingerprint density at radius 2 is 1.69 bits per heavy atom. The van der Waals surface area contributed by atoms with E-state index in [4.69, 9.17) is 4.74 Å². The van der Waals surface area contributed by atoms with Gasteiger partial charge in [-0.2, -0.15) is 0 Å². The standard InChI is InChI=1S/C37H43N3O5/c1-26(2)45-35-19-16-28(21-31(35)24-39-32(25-41)22-30-23-40-34-10-7-6-9-33(30)34)13-12-27-14-17-29(18-15-27)37(43)38-20-8-4-5-11-36(42)44-3/h6-7,9-10,14-19,21,23,26,32,39-41H,4-5,8,11,20,22,24-25H2,1-3H3,(H,38,43)/t32-/m1/s1. The number of hydrogen-bond acceptors (Lipinski definition) is 6. The third kappa shape index (κ3) is 10.2. The minimum absolute atomic E-state index is 0.00440. The highest BCUT2D eigenvalue weighted by atomic mass is 16.5. The topological polar surface area (TPSA) is 113 Å². The normalized spacial score (nSPS) is 11.6. The smallest absolute Gasteiger partial charge is 0.305 e. The number of ether oxygens (including phenoxy) is 2. The van der Waals surface area contributed by atoms with Gasteiger partial charge < -0.3 is 30.2 Å². The van der Waals surface area contributed by atoms with Gasteiger partial charge in [0.1, 0.15) is 5.75 Å². The van der Waals surface area contributed by atoms with E-state index in [0.29, 0.717) is 31.5 Å². The Hall–Kier alpha value is -4.58. The summed E-state index contributed by atoms with van der Waals surface area (Å²) in [5, 5.41) is 17.7. The van der Waals surface area contributed by atoms with Crippen molar-refractivity contribution in [3.63, 3.8) is 0 Å². The highest BCUT2D eigenvalue weighted by Gasteiger charge is 2.14. The predicted molar refractivity (Wildman–Crippen MR) is 177 cm³/mol. The number of hydrogen-bond donors (Lipinski definition) is 4. The quantitative estimate of drug-likeness (QED) is 0.0803. The van der Waals surface area contributed by atoms with Gasteiger partial charge in [-0.3, -0.25) is 9.59 Å². The Kier molecular flexibility index (Phi) is 12.6. The summed E-state index contributed by atoms with van der Waals surface area (Å²) in [5.74, 6) is 6.87. The van der Waals surface area contributed by atoms with Gasteiger partial charge in [0.25, 0.3) is 5.91 Å². The number of carbonyl (C=O) groups excluding carboxylic acids is 2. The summed E-state index contributed by atoms with van der Waals surface area (Å²) >= 11 is 0. The maximum Gasteiger partial charge on any atom is 0.305 e. The largest absolute Gasteiger partial charge is 0.491 e. The van der Waals surface area contributed by atoms with Gasteiger partial charge in [0.2, 0.25) is 0 Å². The van der Waals surface area contributed by atoms with E-state index in [1.165, 1.54) is 7.11 Å². The highest BCUT2D eigenvalue weighted by Crippen LogP contribution is 2.23. The zero-order valence-electron chi connectivity index (χ0n) is 26.3. The molecule has 0 unspecified atom stereocenters. The van der Waals surface area contributed by atoms with E-state index in [1.54, 1.807) is 12.1 Å². The second-order valence-electron chi connectivity index (χ2n) is 11.3. The molecule has 4 aromatic rings. The lowest BCUT2D eigenvalue weighted by molar-refractivity contribution is -0.140. The van der Waals surface area contributed by atoms with Crippen LogP contribution in [0.25, 0.3) is 10.9 Å².